The summed E-state index contributed by atoms with van der Waals surface area (Å²) in [7, 11) is -3.86. The van der Waals surface area contributed by atoms with Gasteiger partial charge < -0.3 is 13.8 Å². The Balaban J connectivity index is 1.69. The molecule has 3 rings (SSSR count). The number of carbonyl (C=O) groups excluding carboxylic acids is 1. The molecule has 1 unspecified atom stereocenters. The summed E-state index contributed by atoms with van der Waals surface area (Å²) < 4.78 is 30.1. The lowest BCUT2D eigenvalue weighted by atomic mass is 10.1. The first kappa shape index (κ1) is 22.4. The van der Waals surface area contributed by atoms with Gasteiger partial charge in [0.15, 0.2) is 0 Å². The molecule has 0 radical (unpaired) electrons. The van der Waals surface area contributed by atoms with E-state index in [9.17, 15) is 9.36 Å². The standard InChI is InChI=1S/C23H30NO5P/c1-4-5-18(3)27-23(25)16-24-30(26,28-21-12-6-17(2)7-13-21)29-22-14-10-20(11-15-22)19-8-9-19/h6-7,10-15,18-19H,4-5,8-9,16H2,1-3H3,(H,24,26)/t18-,30?/m0/s1. The van der Waals surface area contributed by atoms with Crippen molar-refractivity contribution in [1.82, 2.24) is 5.09 Å². The van der Waals surface area contributed by atoms with Crippen LogP contribution in [0.25, 0.3) is 0 Å². The zero-order valence-corrected chi connectivity index (χ0v) is 18.7. The molecule has 1 fully saturated rings. The molecule has 0 aromatic heterocycles. The van der Waals surface area contributed by atoms with Gasteiger partial charge in [-0.3, -0.25) is 4.79 Å². The molecule has 0 spiro atoms. The van der Waals surface area contributed by atoms with Crippen LogP contribution in [0.15, 0.2) is 48.5 Å². The van der Waals surface area contributed by atoms with Crippen LogP contribution in [0.5, 0.6) is 11.5 Å². The Morgan fingerprint density at radius 1 is 1.07 bits per heavy atom. The van der Waals surface area contributed by atoms with E-state index in [4.69, 9.17) is 13.8 Å². The maximum absolute atomic E-state index is 13.4. The maximum Gasteiger partial charge on any atom is 0.513 e. The van der Waals surface area contributed by atoms with E-state index in [1.807, 2.05) is 45.0 Å². The highest BCUT2D eigenvalue weighted by Crippen LogP contribution is 2.46. The van der Waals surface area contributed by atoms with E-state index in [0.29, 0.717) is 17.4 Å². The molecule has 0 amide bonds. The zero-order chi connectivity index (χ0) is 21.6. The van der Waals surface area contributed by atoms with E-state index in [-0.39, 0.29) is 12.6 Å². The second kappa shape index (κ2) is 10.1. The van der Waals surface area contributed by atoms with Crippen molar-refractivity contribution in [2.24, 2.45) is 0 Å². The van der Waals surface area contributed by atoms with Crippen molar-refractivity contribution in [2.45, 2.75) is 58.5 Å². The lowest BCUT2D eigenvalue weighted by molar-refractivity contribution is -0.147. The quantitative estimate of drug-likeness (QED) is 0.360. The lowest BCUT2D eigenvalue weighted by Crippen LogP contribution is -2.28. The normalized spacial score (nSPS) is 16.4. The highest BCUT2D eigenvalue weighted by atomic mass is 31.2. The van der Waals surface area contributed by atoms with Crippen LogP contribution in [-0.2, 0) is 14.1 Å². The molecule has 6 nitrogen and oxygen atoms in total. The van der Waals surface area contributed by atoms with Crippen molar-refractivity contribution in [2.75, 3.05) is 6.54 Å². The molecular formula is C23H30NO5P. The molecule has 7 heteroatoms. The van der Waals surface area contributed by atoms with Gasteiger partial charge in [0.25, 0.3) is 0 Å². The number of nitrogens with one attached hydrogen (secondary N) is 1. The minimum Gasteiger partial charge on any atom is -0.462 e. The van der Waals surface area contributed by atoms with E-state index in [1.165, 1.54) is 18.4 Å². The van der Waals surface area contributed by atoms with Crippen molar-refractivity contribution in [3.63, 3.8) is 0 Å². The fraction of sp³-hybridized carbons (Fsp3) is 0.435. The van der Waals surface area contributed by atoms with Crippen LogP contribution in [0.1, 0.15) is 56.6 Å². The van der Waals surface area contributed by atoms with Gasteiger partial charge in [-0.05, 0) is 68.9 Å². The summed E-state index contributed by atoms with van der Waals surface area (Å²) in [6, 6.07) is 14.6. The molecule has 0 aliphatic heterocycles. The Kier molecular flexibility index (Phi) is 7.57. The van der Waals surface area contributed by atoms with E-state index in [2.05, 4.69) is 5.09 Å². The molecule has 2 aromatic carbocycles. The van der Waals surface area contributed by atoms with Crippen LogP contribution in [0.2, 0.25) is 0 Å². The number of ether oxygens (including phenoxy) is 1. The van der Waals surface area contributed by atoms with E-state index in [1.54, 1.807) is 24.3 Å². The number of benzene rings is 2. The van der Waals surface area contributed by atoms with Gasteiger partial charge >= 0.3 is 13.7 Å². The summed E-state index contributed by atoms with van der Waals surface area (Å²) in [5.74, 6) is 0.915. The molecule has 0 saturated heterocycles. The summed E-state index contributed by atoms with van der Waals surface area (Å²) >= 11 is 0. The average Bonchev–Trinajstić information content (AvgIpc) is 3.54. The van der Waals surface area contributed by atoms with Gasteiger partial charge in [0.05, 0.1) is 6.10 Å². The van der Waals surface area contributed by atoms with Gasteiger partial charge in [-0.1, -0.05) is 43.2 Å². The first-order valence-electron chi connectivity index (χ1n) is 10.5. The monoisotopic (exact) mass is 431 g/mol. The molecule has 162 valence electrons. The lowest BCUT2D eigenvalue weighted by Gasteiger charge is -2.21. The van der Waals surface area contributed by atoms with Crippen molar-refractivity contribution >= 4 is 13.7 Å². The Hall–Kier alpha value is -2.30. The highest BCUT2D eigenvalue weighted by molar-refractivity contribution is 7.52. The Labute approximate surface area is 178 Å². The van der Waals surface area contributed by atoms with Crippen molar-refractivity contribution < 1.29 is 23.1 Å². The molecule has 30 heavy (non-hydrogen) atoms. The number of esters is 1. The summed E-state index contributed by atoms with van der Waals surface area (Å²) in [6.45, 7) is 5.53. The van der Waals surface area contributed by atoms with Crippen molar-refractivity contribution in [3.8, 4) is 11.5 Å². The molecule has 1 N–H and O–H groups in total. The van der Waals surface area contributed by atoms with Crippen LogP contribution < -0.4 is 14.1 Å². The Morgan fingerprint density at radius 2 is 1.63 bits per heavy atom. The van der Waals surface area contributed by atoms with Crippen LogP contribution >= 0.6 is 7.75 Å². The van der Waals surface area contributed by atoms with Crippen molar-refractivity contribution in [3.05, 3.63) is 59.7 Å². The van der Waals surface area contributed by atoms with Gasteiger partial charge in [0, 0.05) is 0 Å². The summed E-state index contributed by atoms with van der Waals surface area (Å²) in [4.78, 5) is 12.1. The Morgan fingerprint density at radius 3 is 2.17 bits per heavy atom. The van der Waals surface area contributed by atoms with Crippen LogP contribution in [0.4, 0.5) is 0 Å². The SMILES string of the molecule is CCC[C@H](C)OC(=O)CNP(=O)(Oc1ccc(C)cc1)Oc1ccc(C2CC2)cc1. The van der Waals surface area contributed by atoms with Gasteiger partial charge in [-0.15, -0.1) is 0 Å². The molecule has 2 aromatic rings. The topological polar surface area (TPSA) is 73.9 Å². The number of carbonyl (C=O) groups is 1. The fourth-order valence-corrected chi connectivity index (χ4v) is 4.36. The molecule has 1 aliphatic carbocycles. The minimum atomic E-state index is -3.86. The van der Waals surface area contributed by atoms with Gasteiger partial charge in [0.2, 0.25) is 0 Å². The zero-order valence-electron chi connectivity index (χ0n) is 17.8. The summed E-state index contributed by atoms with van der Waals surface area (Å²) in [5, 5.41) is 2.64. The predicted molar refractivity (Wildman–Crippen MR) is 117 cm³/mol. The molecule has 0 heterocycles. The smallest absolute Gasteiger partial charge is 0.462 e. The second-order valence-corrected chi connectivity index (χ2v) is 9.44. The third-order valence-electron chi connectivity index (χ3n) is 4.85. The van der Waals surface area contributed by atoms with E-state index in [0.717, 1.165) is 18.4 Å². The first-order chi connectivity index (χ1) is 14.4. The summed E-state index contributed by atoms with van der Waals surface area (Å²) in [6.07, 6.45) is 3.90. The number of rotatable bonds is 11. The number of aryl methyl sites for hydroxylation is 1. The number of hydrogen-bond donors (Lipinski definition) is 1. The van der Waals surface area contributed by atoms with Crippen LogP contribution in [-0.4, -0.2) is 18.6 Å². The molecule has 1 aliphatic rings. The van der Waals surface area contributed by atoms with Crippen molar-refractivity contribution in [1.29, 1.82) is 0 Å². The summed E-state index contributed by atoms with van der Waals surface area (Å²) in [5.41, 5.74) is 2.30. The minimum absolute atomic E-state index is 0.197. The third kappa shape index (κ3) is 6.89. The van der Waals surface area contributed by atoms with E-state index < -0.39 is 13.7 Å². The molecular weight excluding hydrogens is 401 g/mol. The van der Waals surface area contributed by atoms with Crippen LogP contribution in [0, 0.1) is 6.92 Å². The van der Waals surface area contributed by atoms with Gasteiger partial charge in [0.1, 0.15) is 18.0 Å². The second-order valence-electron chi connectivity index (χ2n) is 7.76. The molecule has 2 atom stereocenters. The first-order valence-corrected chi connectivity index (χ1v) is 12.0. The van der Waals surface area contributed by atoms with Crippen LogP contribution in [0.3, 0.4) is 0 Å². The number of hydrogen-bond acceptors (Lipinski definition) is 5. The average molecular weight is 431 g/mol. The molecule has 0 bridgehead atoms. The van der Waals surface area contributed by atoms with E-state index >= 15 is 0 Å². The van der Waals surface area contributed by atoms with Gasteiger partial charge in [-0.25, -0.2) is 4.57 Å². The third-order valence-corrected chi connectivity index (χ3v) is 6.29. The highest BCUT2D eigenvalue weighted by Gasteiger charge is 2.30. The van der Waals surface area contributed by atoms with Gasteiger partial charge in [-0.2, -0.15) is 5.09 Å². The fourth-order valence-electron chi connectivity index (χ4n) is 3.07. The predicted octanol–water partition coefficient (Wildman–Crippen LogP) is 5.76. The molecule has 1 saturated carbocycles. The largest absolute Gasteiger partial charge is 0.513 e. The maximum atomic E-state index is 13.4. The Bertz CT molecular complexity index is 877.